The van der Waals surface area contributed by atoms with Crippen molar-refractivity contribution in [3.63, 3.8) is 0 Å². The van der Waals surface area contributed by atoms with Crippen LogP contribution in [-0.4, -0.2) is 10.0 Å². The monoisotopic (exact) mass is 309 g/mol. The molecule has 0 amide bonds. The third-order valence-electron chi connectivity index (χ3n) is 2.51. The third kappa shape index (κ3) is 3.93. The van der Waals surface area contributed by atoms with Crippen LogP contribution < -0.4 is 10.6 Å². The number of non-ortho nitro benzene ring substituents is 1. The molecule has 0 unspecified atom stereocenters. The predicted octanol–water partition coefficient (Wildman–Crippen LogP) is 3.68. The van der Waals surface area contributed by atoms with Gasteiger partial charge in [-0.05, 0) is 42.5 Å². The Balaban J connectivity index is 2.10. The van der Waals surface area contributed by atoms with Gasteiger partial charge in [0.1, 0.15) is 11.6 Å². The van der Waals surface area contributed by atoms with Crippen LogP contribution in [0.15, 0.2) is 42.5 Å². The predicted molar refractivity (Wildman–Crippen MR) is 79.3 cm³/mol. The quantitative estimate of drug-likeness (QED) is 0.514. The molecule has 0 radical (unpaired) electrons. The lowest BCUT2D eigenvalue weighted by Gasteiger charge is -2.11. The Labute approximate surface area is 123 Å². The van der Waals surface area contributed by atoms with Crippen LogP contribution >= 0.6 is 12.2 Å². The number of thiocarbonyl (C=S) groups is 1. The van der Waals surface area contributed by atoms with Gasteiger partial charge in [-0.1, -0.05) is 0 Å². The van der Waals surface area contributed by atoms with Crippen molar-refractivity contribution in [1.82, 2.24) is 0 Å². The molecule has 0 aliphatic carbocycles. The molecule has 21 heavy (non-hydrogen) atoms. The molecule has 0 aliphatic heterocycles. The lowest BCUT2D eigenvalue weighted by Crippen LogP contribution is -2.19. The number of hydrogen-bond acceptors (Lipinski definition) is 3. The number of nitro benzene ring substituents is 1. The molecule has 0 atom stereocenters. The molecule has 8 heteroatoms. The molecule has 5 nitrogen and oxygen atoms in total. The molecule has 0 bridgehead atoms. The molecule has 2 rings (SSSR count). The number of nitro groups is 1. The van der Waals surface area contributed by atoms with Gasteiger partial charge < -0.3 is 10.6 Å². The second kappa shape index (κ2) is 6.23. The van der Waals surface area contributed by atoms with Gasteiger partial charge in [-0.3, -0.25) is 10.1 Å². The van der Waals surface area contributed by atoms with Crippen LogP contribution in [0.1, 0.15) is 0 Å². The number of nitrogens with one attached hydrogen (secondary N) is 2. The zero-order chi connectivity index (χ0) is 15.4. The Morgan fingerprint density at radius 2 is 1.76 bits per heavy atom. The minimum Gasteiger partial charge on any atom is -0.332 e. The highest BCUT2D eigenvalue weighted by Crippen LogP contribution is 2.21. The molecule has 108 valence electrons. The van der Waals surface area contributed by atoms with E-state index in [9.17, 15) is 18.9 Å². The standard InChI is InChI=1S/C13H9F2N3O2S/c14-8-1-3-9(4-2-8)16-13(21)17-12-7-10(18(19)20)5-6-11(12)15/h1-7H,(H2,16,17,21). The summed E-state index contributed by atoms with van der Waals surface area (Å²) in [6.07, 6.45) is 0. The van der Waals surface area contributed by atoms with Gasteiger partial charge in [0.15, 0.2) is 5.11 Å². The normalized spacial score (nSPS) is 10.0. The number of halogens is 2. The first-order valence-electron chi connectivity index (χ1n) is 5.73. The van der Waals surface area contributed by atoms with Gasteiger partial charge in [-0.25, -0.2) is 8.78 Å². The Morgan fingerprint density at radius 3 is 2.38 bits per heavy atom. The number of benzene rings is 2. The van der Waals surface area contributed by atoms with E-state index < -0.39 is 16.6 Å². The van der Waals surface area contributed by atoms with Crippen LogP contribution in [0.3, 0.4) is 0 Å². The van der Waals surface area contributed by atoms with Crippen LogP contribution in [0.5, 0.6) is 0 Å². The zero-order valence-electron chi connectivity index (χ0n) is 10.5. The number of rotatable bonds is 3. The van der Waals surface area contributed by atoms with E-state index in [1.807, 2.05) is 0 Å². The van der Waals surface area contributed by atoms with E-state index in [1.54, 1.807) is 0 Å². The Morgan fingerprint density at radius 1 is 1.10 bits per heavy atom. The summed E-state index contributed by atoms with van der Waals surface area (Å²) in [5.74, 6) is -1.08. The van der Waals surface area contributed by atoms with Gasteiger partial charge in [-0.2, -0.15) is 0 Å². The van der Waals surface area contributed by atoms with Crippen molar-refractivity contribution in [2.24, 2.45) is 0 Å². The van der Waals surface area contributed by atoms with Gasteiger partial charge in [-0.15, -0.1) is 0 Å². The molecule has 2 aromatic rings. The van der Waals surface area contributed by atoms with E-state index in [-0.39, 0.29) is 16.5 Å². The molecule has 2 aromatic carbocycles. The average molecular weight is 309 g/mol. The fourth-order valence-corrected chi connectivity index (χ4v) is 1.77. The van der Waals surface area contributed by atoms with Crippen LogP contribution in [0.25, 0.3) is 0 Å². The van der Waals surface area contributed by atoms with Gasteiger partial charge >= 0.3 is 0 Å². The van der Waals surface area contributed by atoms with Crippen molar-refractivity contribution in [3.05, 3.63) is 64.2 Å². The Bertz CT molecular complexity index is 692. The first-order chi connectivity index (χ1) is 9.95. The van der Waals surface area contributed by atoms with Crippen molar-refractivity contribution in [3.8, 4) is 0 Å². The van der Waals surface area contributed by atoms with E-state index in [4.69, 9.17) is 12.2 Å². The van der Waals surface area contributed by atoms with E-state index >= 15 is 0 Å². The summed E-state index contributed by atoms with van der Waals surface area (Å²) in [6, 6.07) is 8.43. The molecule has 0 saturated carbocycles. The van der Waals surface area contributed by atoms with Crippen molar-refractivity contribution < 1.29 is 13.7 Å². The van der Waals surface area contributed by atoms with Crippen LogP contribution in [-0.2, 0) is 0 Å². The molecular weight excluding hydrogens is 300 g/mol. The fraction of sp³-hybridized carbons (Fsp3) is 0. The summed E-state index contributed by atoms with van der Waals surface area (Å²) in [5, 5.41) is 15.9. The molecule has 0 aromatic heterocycles. The maximum atomic E-state index is 13.6. The highest BCUT2D eigenvalue weighted by molar-refractivity contribution is 7.80. The third-order valence-corrected chi connectivity index (χ3v) is 2.72. The van der Waals surface area contributed by atoms with E-state index in [0.717, 1.165) is 18.2 Å². The van der Waals surface area contributed by atoms with Crippen LogP contribution in [0.4, 0.5) is 25.8 Å². The van der Waals surface area contributed by atoms with Crippen LogP contribution in [0.2, 0.25) is 0 Å². The molecule has 0 saturated heterocycles. The van der Waals surface area contributed by atoms with E-state index in [0.29, 0.717) is 5.69 Å². The molecule has 2 N–H and O–H groups in total. The highest BCUT2D eigenvalue weighted by Gasteiger charge is 2.11. The highest BCUT2D eigenvalue weighted by atomic mass is 32.1. The number of hydrogen-bond donors (Lipinski definition) is 2. The Kier molecular flexibility index (Phi) is 4.39. The summed E-state index contributed by atoms with van der Waals surface area (Å²) >= 11 is 4.97. The zero-order valence-corrected chi connectivity index (χ0v) is 11.3. The summed E-state index contributed by atoms with van der Waals surface area (Å²) in [5.41, 5.74) is 0.118. The average Bonchev–Trinajstić information content (AvgIpc) is 2.43. The van der Waals surface area contributed by atoms with Gasteiger partial charge in [0.2, 0.25) is 0 Å². The van der Waals surface area contributed by atoms with E-state index in [1.165, 1.54) is 24.3 Å². The van der Waals surface area contributed by atoms with Crippen LogP contribution in [0, 0.1) is 21.7 Å². The lowest BCUT2D eigenvalue weighted by atomic mass is 10.2. The summed E-state index contributed by atoms with van der Waals surface area (Å²) in [7, 11) is 0. The minimum absolute atomic E-state index is 0.0287. The van der Waals surface area contributed by atoms with Gasteiger partial charge in [0.25, 0.3) is 5.69 Å². The van der Waals surface area contributed by atoms with Crippen molar-refractivity contribution in [2.45, 2.75) is 0 Å². The van der Waals surface area contributed by atoms with E-state index in [2.05, 4.69) is 10.6 Å². The second-order valence-corrected chi connectivity index (χ2v) is 4.42. The molecule has 0 fully saturated rings. The fourth-order valence-electron chi connectivity index (χ4n) is 1.54. The largest absolute Gasteiger partial charge is 0.332 e. The first-order valence-corrected chi connectivity index (χ1v) is 6.14. The Hall–Kier alpha value is -2.61. The summed E-state index contributed by atoms with van der Waals surface area (Å²) in [4.78, 5) is 10.0. The summed E-state index contributed by atoms with van der Waals surface area (Å²) in [6.45, 7) is 0. The molecule has 0 spiro atoms. The molecule has 0 aliphatic rings. The lowest BCUT2D eigenvalue weighted by molar-refractivity contribution is -0.384. The maximum absolute atomic E-state index is 13.6. The number of nitrogens with zero attached hydrogens (tertiary/aromatic N) is 1. The van der Waals surface area contributed by atoms with Crippen molar-refractivity contribution in [1.29, 1.82) is 0 Å². The van der Waals surface area contributed by atoms with Gasteiger partial charge in [0, 0.05) is 17.8 Å². The minimum atomic E-state index is -0.677. The topological polar surface area (TPSA) is 67.2 Å². The van der Waals surface area contributed by atoms with Crippen molar-refractivity contribution in [2.75, 3.05) is 10.6 Å². The van der Waals surface area contributed by atoms with Crippen molar-refractivity contribution >= 4 is 34.4 Å². The second-order valence-electron chi connectivity index (χ2n) is 4.01. The molecule has 0 heterocycles. The SMILES string of the molecule is O=[N+]([O-])c1ccc(F)c(NC(=S)Nc2ccc(F)cc2)c1. The first kappa shape index (κ1) is 14.8. The molecular formula is C13H9F2N3O2S. The number of anilines is 2. The maximum Gasteiger partial charge on any atom is 0.271 e. The smallest absolute Gasteiger partial charge is 0.271 e. The van der Waals surface area contributed by atoms with Gasteiger partial charge in [0.05, 0.1) is 10.6 Å². The summed E-state index contributed by atoms with van der Waals surface area (Å²) < 4.78 is 26.3.